The van der Waals surface area contributed by atoms with Crippen LogP contribution in [0.1, 0.15) is 46.5 Å². The second-order valence-electron chi connectivity index (χ2n) is 13.9. The van der Waals surface area contributed by atoms with Gasteiger partial charge in [-0.05, 0) is 75.1 Å². The molecule has 2 bridgehead atoms. The van der Waals surface area contributed by atoms with Gasteiger partial charge in [0.2, 0.25) is 11.9 Å². The number of fused-ring (bicyclic) bond motifs is 2. The van der Waals surface area contributed by atoms with Crippen LogP contribution < -0.4 is 20.9 Å². The molecule has 0 spiro atoms. The molecular weight excluding hydrogens is 567 g/mol. The number of hydrogen-bond acceptors (Lipinski definition) is 8. The molecule has 7 rings (SSSR count). The maximum absolute atomic E-state index is 15.4. The first kappa shape index (κ1) is 30.3. The second kappa shape index (κ2) is 11.7. The minimum atomic E-state index is -0.529. The lowest BCUT2D eigenvalue weighted by Gasteiger charge is -2.66. The highest BCUT2D eigenvalue weighted by Crippen LogP contribution is 2.65. The van der Waals surface area contributed by atoms with E-state index < -0.39 is 5.54 Å². The third-order valence-electron chi connectivity index (χ3n) is 11.2. The number of carbonyl (C=O) groups excluding carboxylic acids is 1. The number of anilines is 4. The molecule has 234 valence electrons. The SMILES string of the molecule is CNC(=O)[C@H]1C[C@H]2C[C@H](C2(C)C)[C@@]1(C)Nc1nc(Nc2ccc(N3CCC(N4CCN(C)CC4)CC3)c(F)c2)ncc1Cl. The summed E-state index contributed by atoms with van der Waals surface area (Å²) in [5.41, 5.74) is 0.788. The maximum atomic E-state index is 15.4. The van der Waals surface area contributed by atoms with Crippen LogP contribution in [0.2, 0.25) is 5.02 Å². The van der Waals surface area contributed by atoms with Crippen LogP contribution in [0.4, 0.5) is 27.5 Å². The molecule has 3 aliphatic carbocycles. The average Bonchev–Trinajstić information content (AvgIpc) is 2.99. The van der Waals surface area contributed by atoms with E-state index in [0.29, 0.717) is 40.1 Å². The van der Waals surface area contributed by atoms with Gasteiger partial charge in [-0.2, -0.15) is 4.98 Å². The number of halogens is 2. The van der Waals surface area contributed by atoms with Gasteiger partial charge in [-0.1, -0.05) is 25.4 Å². The number of nitrogens with one attached hydrogen (secondary N) is 3. The summed E-state index contributed by atoms with van der Waals surface area (Å²) in [4.78, 5) is 29.1. The molecule has 43 heavy (non-hydrogen) atoms. The monoisotopic (exact) mass is 612 g/mol. The van der Waals surface area contributed by atoms with Crippen molar-refractivity contribution >= 4 is 40.6 Å². The third-order valence-corrected chi connectivity index (χ3v) is 11.5. The number of nitrogens with zero attached hydrogens (tertiary/aromatic N) is 5. The van der Waals surface area contributed by atoms with Gasteiger partial charge in [0.25, 0.3) is 0 Å². The number of amides is 1. The summed E-state index contributed by atoms with van der Waals surface area (Å²) < 4.78 is 15.4. The molecule has 1 amide bonds. The molecule has 2 aromatic rings. The Morgan fingerprint density at radius 1 is 1.07 bits per heavy atom. The predicted molar refractivity (Wildman–Crippen MR) is 171 cm³/mol. The Morgan fingerprint density at radius 3 is 2.44 bits per heavy atom. The van der Waals surface area contributed by atoms with Crippen molar-refractivity contribution in [3.05, 3.63) is 35.2 Å². The van der Waals surface area contributed by atoms with E-state index in [1.54, 1.807) is 13.2 Å². The Bertz CT molecular complexity index is 1340. The van der Waals surface area contributed by atoms with Gasteiger partial charge in [0, 0.05) is 58.0 Å². The van der Waals surface area contributed by atoms with Crippen molar-refractivity contribution in [2.45, 2.75) is 58.0 Å². The first-order valence-corrected chi connectivity index (χ1v) is 16.1. The van der Waals surface area contributed by atoms with Gasteiger partial charge in [0.1, 0.15) is 10.8 Å². The molecule has 2 aliphatic heterocycles. The number of aromatic nitrogens is 2. The van der Waals surface area contributed by atoms with Crippen LogP contribution in [0.15, 0.2) is 24.4 Å². The molecule has 5 aliphatic rings. The zero-order valence-electron chi connectivity index (χ0n) is 26.1. The number of benzene rings is 1. The van der Waals surface area contributed by atoms with Crippen LogP contribution in [-0.2, 0) is 4.79 Å². The van der Waals surface area contributed by atoms with Crippen LogP contribution in [-0.4, -0.2) is 90.6 Å². The number of likely N-dealkylation sites (N-methyl/N-ethyl adjacent to an activating group) is 1. The number of carbonyl (C=O) groups is 1. The average molecular weight is 613 g/mol. The summed E-state index contributed by atoms with van der Waals surface area (Å²) >= 11 is 6.58. The molecule has 1 aromatic heterocycles. The molecule has 4 atom stereocenters. The number of piperidine rings is 1. The van der Waals surface area contributed by atoms with Crippen molar-refractivity contribution in [3.8, 4) is 0 Å². The Balaban J connectivity index is 1.13. The van der Waals surface area contributed by atoms with E-state index >= 15 is 4.39 Å². The van der Waals surface area contributed by atoms with Gasteiger partial charge >= 0.3 is 0 Å². The standard InChI is InChI=1S/C32H46ClFN8O/c1-31(2)20-16-23(29(43)35-4)32(3,27(31)17-20)39-28-24(33)19-36-30(38-28)37-21-6-7-26(25(34)18-21)42-10-8-22(9-11-42)41-14-12-40(5)13-15-41/h6-7,18-20,22-23,27H,8-17H2,1-5H3,(H,35,43)(H2,36,37,38,39)/t20-,23+,27+,32-/m0/s1. The quantitative estimate of drug-likeness (QED) is 0.410. The van der Waals surface area contributed by atoms with Crippen LogP contribution >= 0.6 is 11.6 Å². The lowest BCUT2D eigenvalue weighted by molar-refractivity contribution is -0.155. The molecule has 3 heterocycles. The van der Waals surface area contributed by atoms with Crippen LogP contribution in [0.25, 0.3) is 0 Å². The minimum absolute atomic E-state index is 0.0304. The molecular formula is C32H46ClFN8O. The molecule has 3 N–H and O–H groups in total. The number of rotatable bonds is 7. The van der Waals surface area contributed by atoms with Crippen molar-refractivity contribution in [2.24, 2.45) is 23.2 Å². The van der Waals surface area contributed by atoms with Crippen molar-refractivity contribution in [2.75, 3.05) is 68.9 Å². The van der Waals surface area contributed by atoms with Gasteiger partial charge < -0.3 is 25.8 Å². The van der Waals surface area contributed by atoms with Crippen molar-refractivity contribution in [1.82, 2.24) is 25.1 Å². The van der Waals surface area contributed by atoms with E-state index in [-0.39, 0.29) is 29.0 Å². The topological polar surface area (TPSA) is 88.7 Å². The zero-order valence-corrected chi connectivity index (χ0v) is 26.8. The molecule has 2 saturated heterocycles. The van der Waals surface area contributed by atoms with E-state index in [9.17, 15) is 4.79 Å². The fraction of sp³-hybridized carbons (Fsp3) is 0.656. The predicted octanol–water partition coefficient (Wildman–Crippen LogP) is 4.83. The molecule has 11 heteroatoms. The van der Waals surface area contributed by atoms with Gasteiger partial charge in [-0.15, -0.1) is 0 Å². The first-order valence-electron chi connectivity index (χ1n) is 15.8. The Hall–Kier alpha value is -2.69. The number of piperazine rings is 1. The summed E-state index contributed by atoms with van der Waals surface area (Å²) in [6, 6.07) is 5.80. The van der Waals surface area contributed by atoms with E-state index in [1.807, 2.05) is 12.1 Å². The normalized spacial score (nSPS) is 29.6. The third kappa shape index (κ3) is 5.66. The highest BCUT2D eigenvalue weighted by Gasteiger charge is 2.64. The molecule has 9 nitrogen and oxygen atoms in total. The van der Waals surface area contributed by atoms with Gasteiger partial charge in [-0.25, -0.2) is 9.37 Å². The smallest absolute Gasteiger partial charge is 0.229 e. The van der Waals surface area contributed by atoms with E-state index in [1.165, 1.54) is 6.07 Å². The van der Waals surface area contributed by atoms with E-state index in [2.05, 4.69) is 68.4 Å². The largest absolute Gasteiger partial charge is 0.369 e. The Kier molecular flexibility index (Phi) is 8.23. The molecule has 3 saturated carbocycles. The Labute approximate surface area is 259 Å². The fourth-order valence-electron chi connectivity index (χ4n) is 8.33. The van der Waals surface area contributed by atoms with Gasteiger partial charge in [-0.3, -0.25) is 9.69 Å². The van der Waals surface area contributed by atoms with Crippen molar-refractivity contribution in [1.29, 1.82) is 0 Å². The van der Waals surface area contributed by atoms with E-state index in [4.69, 9.17) is 11.6 Å². The summed E-state index contributed by atoms with van der Waals surface area (Å²) in [6.45, 7) is 12.9. The van der Waals surface area contributed by atoms with Crippen LogP contribution in [0.3, 0.4) is 0 Å². The van der Waals surface area contributed by atoms with Gasteiger partial charge in [0.05, 0.1) is 23.3 Å². The molecule has 0 unspecified atom stereocenters. The molecule has 5 fully saturated rings. The summed E-state index contributed by atoms with van der Waals surface area (Å²) in [7, 11) is 3.87. The summed E-state index contributed by atoms with van der Waals surface area (Å²) in [5, 5.41) is 9.97. The lowest BCUT2D eigenvalue weighted by Crippen LogP contribution is -2.69. The Morgan fingerprint density at radius 2 is 1.79 bits per heavy atom. The van der Waals surface area contributed by atoms with Crippen LogP contribution in [0.5, 0.6) is 0 Å². The lowest BCUT2D eigenvalue weighted by atomic mass is 9.40. The second-order valence-corrected chi connectivity index (χ2v) is 14.3. The maximum Gasteiger partial charge on any atom is 0.229 e. The highest BCUT2D eigenvalue weighted by molar-refractivity contribution is 6.32. The minimum Gasteiger partial charge on any atom is -0.369 e. The van der Waals surface area contributed by atoms with Gasteiger partial charge in [0.15, 0.2) is 5.82 Å². The molecule has 0 radical (unpaired) electrons. The summed E-state index contributed by atoms with van der Waals surface area (Å²) in [5.74, 6) is 1.16. The molecule has 1 aromatic carbocycles. The van der Waals surface area contributed by atoms with E-state index in [0.717, 1.165) is 65.0 Å². The first-order chi connectivity index (χ1) is 20.5. The van der Waals surface area contributed by atoms with Crippen molar-refractivity contribution < 1.29 is 9.18 Å². The van der Waals surface area contributed by atoms with Crippen molar-refractivity contribution in [3.63, 3.8) is 0 Å². The van der Waals surface area contributed by atoms with Crippen LogP contribution in [0, 0.1) is 29.0 Å². The summed E-state index contributed by atoms with van der Waals surface area (Å²) in [6.07, 6.45) is 5.53. The zero-order chi connectivity index (χ0) is 30.5. The fourth-order valence-corrected chi connectivity index (χ4v) is 8.47. The highest BCUT2D eigenvalue weighted by atomic mass is 35.5. The number of hydrogen-bond donors (Lipinski definition) is 3.